The molecule has 0 saturated carbocycles. The van der Waals surface area contributed by atoms with Crippen molar-refractivity contribution < 1.29 is 9.18 Å². The van der Waals surface area contributed by atoms with Crippen LogP contribution in [0.3, 0.4) is 0 Å². The van der Waals surface area contributed by atoms with Gasteiger partial charge in [-0.3, -0.25) is 4.79 Å². The molecule has 5 heteroatoms. The molecule has 0 bridgehead atoms. The second kappa shape index (κ2) is 8.53. The zero-order valence-corrected chi connectivity index (χ0v) is 14.2. The van der Waals surface area contributed by atoms with Gasteiger partial charge in [0, 0.05) is 29.7 Å². The number of carbonyl (C=O) groups is 1. The highest BCUT2D eigenvalue weighted by Crippen LogP contribution is 2.23. The Bertz CT molecular complexity index is 472. The van der Waals surface area contributed by atoms with Crippen LogP contribution in [0.15, 0.2) is 29.2 Å². The summed E-state index contributed by atoms with van der Waals surface area (Å²) in [5.41, 5.74) is 0. The molecule has 1 saturated heterocycles. The zero-order chi connectivity index (χ0) is 15.9. The molecule has 2 rings (SSSR count). The molecule has 1 fully saturated rings. The number of thioether (sulfide) groups is 1. The van der Waals surface area contributed by atoms with E-state index in [9.17, 15) is 9.18 Å². The number of likely N-dealkylation sites (tertiary alicyclic amines) is 1. The van der Waals surface area contributed by atoms with Crippen molar-refractivity contribution in [2.24, 2.45) is 11.8 Å². The second-order valence-electron chi connectivity index (χ2n) is 5.99. The van der Waals surface area contributed by atoms with Crippen LogP contribution < -0.4 is 5.32 Å². The molecule has 122 valence electrons. The molecule has 1 aromatic rings. The van der Waals surface area contributed by atoms with Crippen LogP contribution in [0.1, 0.15) is 19.8 Å². The molecule has 1 amide bonds. The number of amides is 1. The van der Waals surface area contributed by atoms with E-state index in [0.29, 0.717) is 5.92 Å². The second-order valence-corrected chi connectivity index (χ2v) is 7.09. The monoisotopic (exact) mass is 324 g/mol. The van der Waals surface area contributed by atoms with Gasteiger partial charge >= 0.3 is 0 Å². The summed E-state index contributed by atoms with van der Waals surface area (Å²) < 4.78 is 12.9. The van der Waals surface area contributed by atoms with Gasteiger partial charge in [0.15, 0.2) is 0 Å². The van der Waals surface area contributed by atoms with Gasteiger partial charge in [-0.15, -0.1) is 11.8 Å². The molecule has 0 spiro atoms. The van der Waals surface area contributed by atoms with Crippen LogP contribution in [0, 0.1) is 17.7 Å². The number of benzene rings is 1. The number of carbonyl (C=O) groups excluding carboxylic acids is 1. The third-order valence-corrected chi connectivity index (χ3v) is 5.43. The van der Waals surface area contributed by atoms with E-state index < -0.39 is 0 Å². The summed E-state index contributed by atoms with van der Waals surface area (Å²) in [6.45, 7) is 4.77. The molecule has 1 N–H and O–H groups in total. The molecular weight excluding hydrogens is 299 g/mol. The van der Waals surface area contributed by atoms with E-state index in [1.54, 1.807) is 23.9 Å². The lowest BCUT2D eigenvalue weighted by atomic mass is 9.96. The average Bonchev–Trinajstić information content (AvgIpc) is 2.54. The van der Waals surface area contributed by atoms with Crippen LogP contribution in [0.25, 0.3) is 0 Å². The fourth-order valence-corrected chi connectivity index (χ4v) is 3.69. The number of halogens is 1. The van der Waals surface area contributed by atoms with Gasteiger partial charge in [-0.05, 0) is 56.6 Å². The number of rotatable bonds is 6. The largest absolute Gasteiger partial charge is 0.342 e. The summed E-state index contributed by atoms with van der Waals surface area (Å²) in [6, 6.07) is 6.45. The van der Waals surface area contributed by atoms with Crippen molar-refractivity contribution in [2.75, 3.05) is 32.4 Å². The zero-order valence-electron chi connectivity index (χ0n) is 13.3. The highest BCUT2D eigenvalue weighted by atomic mass is 32.2. The van der Waals surface area contributed by atoms with Crippen LogP contribution in [-0.2, 0) is 4.79 Å². The smallest absolute Gasteiger partial charge is 0.226 e. The van der Waals surface area contributed by atoms with Crippen molar-refractivity contribution in [3.05, 3.63) is 30.1 Å². The summed E-state index contributed by atoms with van der Waals surface area (Å²) in [4.78, 5) is 15.5. The predicted octanol–water partition coefficient (Wildman–Crippen LogP) is 3.01. The van der Waals surface area contributed by atoms with E-state index in [2.05, 4.69) is 5.32 Å². The molecule has 1 aliphatic rings. The normalized spacial score (nSPS) is 17.5. The highest BCUT2D eigenvalue weighted by molar-refractivity contribution is 7.99. The first-order valence-corrected chi connectivity index (χ1v) is 8.90. The van der Waals surface area contributed by atoms with Crippen LogP contribution in [0.2, 0.25) is 0 Å². The van der Waals surface area contributed by atoms with Gasteiger partial charge in [-0.1, -0.05) is 6.92 Å². The molecular formula is C17H25FN2OS. The molecule has 1 aliphatic heterocycles. The topological polar surface area (TPSA) is 32.3 Å². The Labute approximate surface area is 136 Å². The van der Waals surface area contributed by atoms with Crippen molar-refractivity contribution in [3.63, 3.8) is 0 Å². The Hall–Kier alpha value is -1.07. The maximum absolute atomic E-state index is 12.9. The number of hydrogen-bond donors (Lipinski definition) is 1. The first-order valence-electron chi connectivity index (χ1n) is 7.92. The minimum atomic E-state index is -0.224. The fourth-order valence-electron chi connectivity index (χ4n) is 2.78. The van der Waals surface area contributed by atoms with Gasteiger partial charge in [0.1, 0.15) is 5.82 Å². The summed E-state index contributed by atoms with van der Waals surface area (Å²) in [5.74, 6) is 1.45. The van der Waals surface area contributed by atoms with Crippen molar-refractivity contribution in [1.29, 1.82) is 0 Å². The predicted molar refractivity (Wildman–Crippen MR) is 89.5 cm³/mol. The Morgan fingerprint density at radius 3 is 2.59 bits per heavy atom. The van der Waals surface area contributed by atoms with Crippen molar-refractivity contribution >= 4 is 17.7 Å². The number of piperidine rings is 1. The van der Waals surface area contributed by atoms with Crippen molar-refractivity contribution in [3.8, 4) is 0 Å². The van der Waals surface area contributed by atoms with Gasteiger partial charge in [-0.2, -0.15) is 0 Å². The lowest BCUT2D eigenvalue weighted by molar-refractivity contribution is -0.135. The summed E-state index contributed by atoms with van der Waals surface area (Å²) in [5, 5.41) is 3.21. The third-order valence-electron chi connectivity index (χ3n) is 4.15. The molecule has 22 heavy (non-hydrogen) atoms. The van der Waals surface area contributed by atoms with Crippen LogP contribution in [-0.4, -0.2) is 43.2 Å². The molecule has 1 unspecified atom stereocenters. The van der Waals surface area contributed by atoms with Crippen molar-refractivity contribution in [1.82, 2.24) is 10.2 Å². The molecule has 3 nitrogen and oxygen atoms in total. The first-order chi connectivity index (χ1) is 10.6. The van der Waals surface area contributed by atoms with E-state index in [4.69, 9.17) is 0 Å². The summed E-state index contributed by atoms with van der Waals surface area (Å²) in [7, 11) is 1.98. The lowest BCUT2D eigenvalue weighted by Crippen LogP contribution is -2.43. The van der Waals surface area contributed by atoms with Gasteiger partial charge in [-0.25, -0.2) is 4.39 Å². The minimum Gasteiger partial charge on any atom is -0.342 e. The molecule has 0 radical (unpaired) electrons. The summed E-state index contributed by atoms with van der Waals surface area (Å²) >= 11 is 1.61. The van der Waals surface area contributed by atoms with Gasteiger partial charge < -0.3 is 10.2 Å². The Balaban J connectivity index is 1.76. The van der Waals surface area contributed by atoms with Gasteiger partial charge in [0.05, 0.1) is 0 Å². The molecule has 0 aromatic heterocycles. The van der Waals surface area contributed by atoms with Gasteiger partial charge in [0.25, 0.3) is 0 Å². The third kappa shape index (κ3) is 4.99. The lowest BCUT2D eigenvalue weighted by Gasteiger charge is -2.33. The van der Waals surface area contributed by atoms with Crippen molar-refractivity contribution in [2.45, 2.75) is 24.7 Å². The van der Waals surface area contributed by atoms with Crippen LogP contribution in [0.4, 0.5) is 4.39 Å². The number of nitrogens with one attached hydrogen (secondary N) is 1. The maximum atomic E-state index is 12.9. The van der Waals surface area contributed by atoms with Crippen LogP contribution in [0.5, 0.6) is 0 Å². The first kappa shape index (κ1) is 17.3. The Morgan fingerprint density at radius 1 is 1.36 bits per heavy atom. The maximum Gasteiger partial charge on any atom is 0.226 e. The van der Waals surface area contributed by atoms with E-state index in [0.717, 1.165) is 43.1 Å². The van der Waals surface area contributed by atoms with E-state index in [1.165, 1.54) is 12.1 Å². The van der Waals surface area contributed by atoms with E-state index in [1.807, 2.05) is 18.9 Å². The van der Waals surface area contributed by atoms with E-state index in [-0.39, 0.29) is 17.6 Å². The SMILES string of the molecule is CNCC1CCN(C(=O)C(C)CSc2ccc(F)cc2)CC1. The van der Waals surface area contributed by atoms with Gasteiger partial charge in [0.2, 0.25) is 5.91 Å². The highest BCUT2D eigenvalue weighted by Gasteiger charge is 2.25. The molecule has 0 aliphatic carbocycles. The quantitative estimate of drug-likeness (QED) is 0.817. The van der Waals surface area contributed by atoms with Crippen LogP contribution >= 0.6 is 11.8 Å². The van der Waals surface area contributed by atoms with E-state index >= 15 is 0 Å². The molecule has 1 aromatic carbocycles. The summed E-state index contributed by atoms with van der Waals surface area (Å²) in [6.07, 6.45) is 2.18. The molecule has 1 heterocycles. The average molecular weight is 324 g/mol. The number of nitrogens with zero attached hydrogens (tertiary/aromatic N) is 1. The minimum absolute atomic E-state index is 0.00379. The standard InChI is InChI=1S/C17H25FN2OS/c1-13(12-22-16-5-3-15(18)4-6-16)17(21)20-9-7-14(8-10-20)11-19-2/h3-6,13-14,19H,7-12H2,1-2H3. The Kier molecular flexibility index (Phi) is 6.70. The Morgan fingerprint density at radius 2 is 2.00 bits per heavy atom. The molecule has 1 atom stereocenters. The number of hydrogen-bond acceptors (Lipinski definition) is 3. The fraction of sp³-hybridized carbons (Fsp3) is 0.588.